The average molecular weight is 184 g/mol. The van der Waals surface area contributed by atoms with E-state index < -0.39 is 0 Å². The Labute approximate surface area is 82.7 Å². The van der Waals surface area contributed by atoms with Crippen molar-refractivity contribution in [2.24, 2.45) is 0 Å². The lowest BCUT2D eigenvalue weighted by Crippen LogP contribution is -2.44. The molecule has 0 saturated carbocycles. The topological polar surface area (TPSA) is 15.3 Å². The van der Waals surface area contributed by atoms with Crippen molar-refractivity contribution < 1.29 is 0 Å². The van der Waals surface area contributed by atoms with Crippen LogP contribution in [0.1, 0.15) is 39.5 Å². The highest BCUT2D eigenvalue weighted by Gasteiger charge is 2.23. The van der Waals surface area contributed by atoms with E-state index in [1.54, 1.807) is 0 Å². The van der Waals surface area contributed by atoms with Crippen molar-refractivity contribution >= 4 is 0 Å². The molecule has 2 nitrogen and oxygen atoms in total. The van der Waals surface area contributed by atoms with Crippen molar-refractivity contribution in [3.05, 3.63) is 0 Å². The van der Waals surface area contributed by atoms with Crippen molar-refractivity contribution in [3.8, 4) is 0 Å². The van der Waals surface area contributed by atoms with Crippen molar-refractivity contribution in [2.75, 3.05) is 20.1 Å². The first kappa shape index (κ1) is 11.0. The predicted octanol–water partition coefficient (Wildman–Crippen LogP) is 1.86. The maximum Gasteiger partial charge on any atom is 0.0110 e. The van der Waals surface area contributed by atoms with Gasteiger partial charge < -0.3 is 5.32 Å². The van der Waals surface area contributed by atoms with Gasteiger partial charge in [0.1, 0.15) is 0 Å². The Bertz CT molecular complexity index is 134. The molecule has 2 heteroatoms. The minimum atomic E-state index is 0.724. The highest BCUT2D eigenvalue weighted by Crippen LogP contribution is 2.21. The SMILES string of the molecule is CNCCC1CCCCN1C(C)C. The molecule has 0 aromatic rings. The number of hydrogen-bond acceptors (Lipinski definition) is 2. The van der Waals surface area contributed by atoms with Gasteiger partial charge in [-0.15, -0.1) is 0 Å². The minimum absolute atomic E-state index is 0.724. The zero-order valence-electron chi connectivity index (χ0n) is 9.34. The van der Waals surface area contributed by atoms with E-state index >= 15 is 0 Å². The lowest BCUT2D eigenvalue weighted by atomic mass is 9.98. The van der Waals surface area contributed by atoms with Crippen molar-refractivity contribution in [2.45, 2.75) is 51.6 Å². The largest absolute Gasteiger partial charge is 0.320 e. The number of nitrogens with one attached hydrogen (secondary N) is 1. The van der Waals surface area contributed by atoms with Gasteiger partial charge in [-0.05, 0) is 53.2 Å². The third-order valence-corrected chi connectivity index (χ3v) is 3.06. The molecular formula is C11H24N2. The Morgan fingerprint density at radius 1 is 1.38 bits per heavy atom. The minimum Gasteiger partial charge on any atom is -0.320 e. The van der Waals surface area contributed by atoms with Crippen molar-refractivity contribution in [1.29, 1.82) is 0 Å². The molecule has 13 heavy (non-hydrogen) atoms. The summed E-state index contributed by atoms with van der Waals surface area (Å²) in [5, 5.41) is 3.25. The molecule has 0 aromatic carbocycles. The fraction of sp³-hybridized carbons (Fsp3) is 1.00. The molecule has 0 bridgehead atoms. The van der Waals surface area contributed by atoms with Gasteiger partial charge in [0.05, 0.1) is 0 Å². The highest BCUT2D eigenvalue weighted by atomic mass is 15.2. The van der Waals surface area contributed by atoms with E-state index in [1.165, 1.54) is 32.2 Å². The summed E-state index contributed by atoms with van der Waals surface area (Å²) < 4.78 is 0. The Morgan fingerprint density at radius 3 is 2.77 bits per heavy atom. The highest BCUT2D eigenvalue weighted by molar-refractivity contribution is 4.79. The van der Waals surface area contributed by atoms with Crippen molar-refractivity contribution in [3.63, 3.8) is 0 Å². The number of nitrogens with zero attached hydrogens (tertiary/aromatic N) is 1. The van der Waals surface area contributed by atoms with Gasteiger partial charge in [0.2, 0.25) is 0 Å². The van der Waals surface area contributed by atoms with Gasteiger partial charge in [0, 0.05) is 12.1 Å². The number of rotatable bonds is 4. The Morgan fingerprint density at radius 2 is 2.15 bits per heavy atom. The third kappa shape index (κ3) is 3.28. The molecule has 0 radical (unpaired) electrons. The second kappa shape index (κ2) is 5.61. The fourth-order valence-corrected chi connectivity index (χ4v) is 2.32. The Hall–Kier alpha value is -0.0800. The van der Waals surface area contributed by atoms with Crippen LogP contribution in [0.2, 0.25) is 0 Å². The van der Waals surface area contributed by atoms with Gasteiger partial charge in [0.25, 0.3) is 0 Å². The maximum absolute atomic E-state index is 3.25. The quantitative estimate of drug-likeness (QED) is 0.717. The zero-order chi connectivity index (χ0) is 9.68. The van der Waals surface area contributed by atoms with Crippen LogP contribution in [0.15, 0.2) is 0 Å². The first-order chi connectivity index (χ1) is 6.25. The molecule has 0 aromatic heterocycles. The lowest BCUT2D eigenvalue weighted by molar-refractivity contribution is 0.106. The molecule has 1 rings (SSSR count). The molecule has 1 N–H and O–H groups in total. The summed E-state index contributed by atoms with van der Waals surface area (Å²) in [6, 6.07) is 1.56. The lowest BCUT2D eigenvalue weighted by Gasteiger charge is -2.38. The van der Waals surface area contributed by atoms with Crippen molar-refractivity contribution in [1.82, 2.24) is 10.2 Å². The van der Waals surface area contributed by atoms with E-state index in [9.17, 15) is 0 Å². The van der Waals surface area contributed by atoms with Gasteiger partial charge >= 0.3 is 0 Å². The van der Waals surface area contributed by atoms with Crippen LogP contribution in [0.25, 0.3) is 0 Å². The number of likely N-dealkylation sites (tertiary alicyclic amines) is 1. The van der Waals surface area contributed by atoms with E-state index in [1.807, 2.05) is 7.05 Å². The molecule has 0 aliphatic carbocycles. The van der Waals surface area contributed by atoms with Crippen LogP contribution < -0.4 is 5.32 Å². The molecule has 1 heterocycles. The van der Waals surface area contributed by atoms with Gasteiger partial charge in [-0.25, -0.2) is 0 Å². The molecular weight excluding hydrogens is 160 g/mol. The summed E-state index contributed by atoms with van der Waals surface area (Å²) in [5.74, 6) is 0. The van der Waals surface area contributed by atoms with Crippen LogP contribution in [-0.2, 0) is 0 Å². The molecule has 1 aliphatic heterocycles. The predicted molar refractivity (Wildman–Crippen MR) is 58.0 cm³/mol. The monoisotopic (exact) mass is 184 g/mol. The van der Waals surface area contributed by atoms with Gasteiger partial charge in [0.15, 0.2) is 0 Å². The second-order valence-electron chi connectivity index (χ2n) is 4.37. The first-order valence-corrected chi connectivity index (χ1v) is 5.66. The van der Waals surface area contributed by atoms with Gasteiger partial charge in [-0.1, -0.05) is 6.42 Å². The summed E-state index contributed by atoms with van der Waals surface area (Å²) in [6.07, 6.45) is 5.54. The van der Waals surface area contributed by atoms with Crippen LogP contribution in [0, 0.1) is 0 Å². The summed E-state index contributed by atoms with van der Waals surface area (Å²) in [6.45, 7) is 7.11. The number of piperidine rings is 1. The van der Waals surface area contributed by atoms with E-state index in [2.05, 4.69) is 24.1 Å². The van der Waals surface area contributed by atoms with E-state index in [0.717, 1.165) is 18.6 Å². The molecule has 1 saturated heterocycles. The Balaban J connectivity index is 2.37. The van der Waals surface area contributed by atoms with E-state index in [-0.39, 0.29) is 0 Å². The standard InChI is InChI=1S/C11H24N2/c1-10(2)13-9-5-4-6-11(13)7-8-12-3/h10-12H,4-9H2,1-3H3. The summed E-state index contributed by atoms with van der Waals surface area (Å²) in [7, 11) is 2.04. The normalized spacial score (nSPS) is 25.4. The molecule has 0 spiro atoms. The Kier molecular flexibility index (Phi) is 4.74. The molecule has 0 amide bonds. The average Bonchev–Trinajstić information content (AvgIpc) is 2.15. The molecule has 1 atom stereocenters. The smallest absolute Gasteiger partial charge is 0.0110 e. The van der Waals surface area contributed by atoms with Crippen LogP contribution >= 0.6 is 0 Å². The molecule has 78 valence electrons. The van der Waals surface area contributed by atoms with Crippen LogP contribution in [-0.4, -0.2) is 37.1 Å². The van der Waals surface area contributed by atoms with Crippen LogP contribution in [0.5, 0.6) is 0 Å². The van der Waals surface area contributed by atoms with Gasteiger partial charge in [-0.2, -0.15) is 0 Å². The van der Waals surface area contributed by atoms with E-state index in [0.29, 0.717) is 0 Å². The van der Waals surface area contributed by atoms with Crippen LogP contribution in [0.3, 0.4) is 0 Å². The molecule has 1 aliphatic rings. The van der Waals surface area contributed by atoms with E-state index in [4.69, 9.17) is 0 Å². The second-order valence-corrected chi connectivity index (χ2v) is 4.37. The summed E-state index contributed by atoms with van der Waals surface area (Å²) in [4.78, 5) is 2.67. The first-order valence-electron chi connectivity index (χ1n) is 5.66. The summed E-state index contributed by atoms with van der Waals surface area (Å²) in [5.41, 5.74) is 0. The number of hydrogen-bond donors (Lipinski definition) is 1. The molecule has 1 unspecified atom stereocenters. The molecule has 1 fully saturated rings. The maximum atomic E-state index is 3.25. The third-order valence-electron chi connectivity index (χ3n) is 3.06. The van der Waals surface area contributed by atoms with Crippen LogP contribution in [0.4, 0.5) is 0 Å². The fourth-order valence-electron chi connectivity index (χ4n) is 2.32. The van der Waals surface area contributed by atoms with Gasteiger partial charge in [-0.3, -0.25) is 4.90 Å². The summed E-state index contributed by atoms with van der Waals surface area (Å²) >= 11 is 0. The zero-order valence-corrected chi connectivity index (χ0v) is 9.34.